The van der Waals surface area contributed by atoms with Crippen LogP contribution in [-0.2, 0) is 14.4 Å². The van der Waals surface area contributed by atoms with Gasteiger partial charge in [0.25, 0.3) is 0 Å². The predicted molar refractivity (Wildman–Crippen MR) is 81.4 cm³/mol. The lowest BCUT2D eigenvalue weighted by atomic mass is 9.99. The quantitative estimate of drug-likeness (QED) is 0.563. The zero-order valence-corrected chi connectivity index (χ0v) is 13.4. The van der Waals surface area contributed by atoms with Crippen LogP contribution in [0.2, 0.25) is 0 Å². The third-order valence-corrected chi connectivity index (χ3v) is 4.37. The molecular weight excluding hydrogens is 274 g/mol. The first-order valence-electron chi connectivity index (χ1n) is 6.97. The van der Waals surface area contributed by atoms with E-state index >= 15 is 0 Å². The van der Waals surface area contributed by atoms with Crippen molar-refractivity contribution in [2.45, 2.75) is 57.8 Å². The number of hydrogen-bond donors (Lipinski definition) is 0. The zero-order valence-electron chi connectivity index (χ0n) is 12.6. The summed E-state index contributed by atoms with van der Waals surface area (Å²) in [6, 6.07) is 6.79. The van der Waals surface area contributed by atoms with Crippen LogP contribution in [0.3, 0.4) is 0 Å². The van der Waals surface area contributed by atoms with Crippen molar-refractivity contribution < 1.29 is 12.7 Å². The topological polar surface area (TPSA) is 55.7 Å². The van der Waals surface area contributed by atoms with Gasteiger partial charge in [0, 0.05) is 0 Å². The molecule has 4 nitrogen and oxygen atoms in total. The lowest BCUT2D eigenvalue weighted by Crippen LogP contribution is -2.05. The Balaban J connectivity index is 2.85. The first kappa shape index (κ1) is 16.7. The number of oxime groups is 1. The highest BCUT2D eigenvalue weighted by Gasteiger charge is 2.16. The normalized spacial score (nSPS) is 14.1. The Morgan fingerprint density at radius 3 is 2.35 bits per heavy atom. The molecule has 0 aliphatic carbocycles. The summed E-state index contributed by atoms with van der Waals surface area (Å²) in [5.41, 5.74) is 1.80. The molecule has 0 saturated heterocycles. The molecule has 1 atom stereocenters. The molecule has 5 heteroatoms. The molecule has 1 aromatic rings. The van der Waals surface area contributed by atoms with E-state index in [1.807, 2.05) is 19.1 Å². The Labute approximate surface area is 122 Å². The second-order valence-electron chi connectivity index (χ2n) is 4.98. The van der Waals surface area contributed by atoms with Gasteiger partial charge in [-0.1, -0.05) is 44.5 Å². The summed E-state index contributed by atoms with van der Waals surface area (Å²) in [6.07, 6.45) is 2.65. The van der Waals surface area contributed by atoms with Gasteiger partial charge in [-0.2, -0.15) is 8.42 Å². The van der Waals surface area contributed by atoms with Crippen molar-refractivity contribution in [2.75, 3.05) is 0 Å². The van der Waals surface area contributed by atoms with Gasteiger partial charge in [-0.05, 0) is 43.4 Å². The van der Waals surface area contributed by atoms with E-state index in [0.29, 0.717) is 11.6 Å². The minimum atomic E-state index is -3.81. The van der Waals surface area contributed by atoms with Crippen LogP contribution in [-0.4, -0.2) is 14.1 Å². The van der Waals surface area contributed by atoms with Crippen molar-refractivity contribution in [2.24, 2.45) is 5.16 Å². The number of hydrogen-bond acceptors (Lipinski definition) is 4. The first-order chi connectivity index (χ1) is 9.40. The molecule has 0 spiro atoms. The van der Waals surface area contributed by atoms with Gasteiger partial charge in [0.2, 0.25) is 0 Å². The molecule has 0 aromatic heterocycles. The second kappa shape index (κ2) is 7.43. The molecule has 112 valence electrons. The Morgan fingerprint density at radius 2 is 1.85 bits per heavy atom. The largest absolute Gasteiger partial charge is 0.358 e. The van der Waals surface area contributed by atoms with Crippen LogP contribution < -0.4 is 0 Å². The molecule has 0 bridgehead atoms. The monoisotopic (exact) mass is 297 g/mol. The summed E-state index contributed by atoms with van der Waals surface area (Å²) in [5, 5.41) is 3.66. The van der Waals surface area contributed by atoms with Gasteiger partial charge in [0.15, 0.2) is 0 Å². The predicted octanol–water partition coefficient (Wildman–Crippen LogP) is 4.08. The number of benzene rings is 1. The van der Waals surface area contributed by atoms with Crippen LogP contribution in [0.4, 0.5) is 0 Å². The van der Waals surface area contributed by atoms with Crippen molar-refractivity contribution in [3.8, 4) is 0 Å². The van der Waals surface area contributed by atoms with E-state index in [0.717, 1.165) is 24.8 Å². The summed E-state index contributed by atoms with van der Waals surface area (Å²) in [4.78, 5) is 0.137. The molecule has 0 radical (unpaired) electrons. The second-order valence-corrected chi connectivity index (χ2v) is 6.51. The van der Waals surface area contributed by atoms with Crippen molar-refractivity contribution >= 4 is 15.8 Å². The summed E-state index contributed by atoms with van der Waals surface area (Å²) in [5.74, 6) is 0.414. The number of rotatable bonds is 7. The maximum atomic E-state index is 12.0. The van der Waals surface area contributed by atoms with Gasteiger partial charge in [0.05, 0.1) is 5.71 Å². The fraction of sp³-hybridized carbons (Fsp3) is 0.533. The Bertz CT molecular complexity index is 547. The Kier molecular flexibility index (Phi) is 6.20. The van der Waals surface area contributed by atoms with E-state index in [9.17, 15) is 8.42 Å². The molecule has 1 aromatic carbocycles. The van der Waals surface area contributed by atoms with Gasteiger partial charge in [-0.25, -0.2) is 0 Å². The zero-order chi connectivity index (χ0) is 15.2. The average Bonchev–Trinajstić information content (AvgIpc) is 2.45. The van der Waals surface area contributed by atoms with Crippen LogP contribution in [0.25, 0.3) is 0 Å². The maximum Gasteiger partial charge on any atom is 0.358 e. The van der Waals surface area contributed by atoms with Crippen molar-refractivity contribution in [3.63, 3.8) is 0 Å². The Hall–Kier alpha value is -1.36. The van der Waals surface area contributed by atoms with Gasteiger partial charge in [0.1, 0.15) is 4.90 Å². The van der Waals surface area contributed by atoms with Crippen LogP contribution >= 0.6 is 0 Å². The van der Waals surface area contributed by atoms with Crippen molar-refractivity contribution in [3.05, 3.63) is 29.8 Å². The van der Waals surface area contributed by atoms with Crippen LogP contribution in [0, 0.1) is 0 Å². The van der Waals surface area contributed by atoms with E-state index < -0.39 is 10.1 Å². The fourth-order valence-corrected chi connectivity index (χ4v) is 2.54. The summed E-state index contributed by atoms with van der Waals surface area (Å²) < 4.78 is 28.6. The molecule has 0 aliphatic heterocycles. The van der Waals surface area contributed by atoms with Crippen molar-refractivity contribution in [1.82, 2.24) is 0 Å². The molecule has 0 amide bonds. The summed E-state index contributed by atoms with van der Waals surface area (Å²) >= 11 is 0. The number of nitrogens with zero attached hydrogens (tertiary/aromatic N) is 1. The van der Waals surface area contributed by atoms with Crippen LogP contribution in [0.15, 0.2) is 34.3 Å². The van der Waals surface area contributed by atoms with E-state index in [2.05, 4.69) is 19.0 Å². The smallest absolute Gasteiger partial charge is 0.265 e. The maximum absolute atomic E-state index is 12.0. The molecule has 0 N–H and O–H groups in total. The lowest BCUT2D eigenvalue weighted by molar-refractivity contribution is 0.337. The highest BCUT2D eigenvalue weighted by molar-refractivity contribution is 7.86. The van der Waals surface area contributed by atoms with E-state index in [1.54, 1.807) is 19.1 Å². The highest BCUT2D eigenvalue weighted by Crippen LogP contribution is 2.21. The Morgan fingerprint density at radius 1 is 1.25 bits per heavy atom. The summed E-state index contributed by atoms with van der Waals surface area (Å²) in [6.45, 7) is 7.97. The van der Waals surface area contributed by atoms with Gasteiger partial charge < -0.3 is 0 Å². The first-order valence-corrected chi connectivity index (χ1v) is 8.38. The minimum absolute atomic E-state index is 0.137. The third-order valence-electron chi connectivity index (χ3n) is 3.25. The van der Waals surface area contributed by atoms with Gasteiger partial charge in [-0.15, -0.1) is 0 Å². The molecule has 0 aliphatic rings. The highest BCUT2D eigenvalue weighted by atomic mass is 32.2. The van der Waals surface area contributed by atoms with Crippen molar-refractivity contribution in [1.29, 1.82) is 0 Å². The van der Waals surface area contributed by atoms with E-state index in [4.69, 9.17) is 4.28 Å². The SMILES string of the molecule is CCCC(C)=NOS(=O)(=O)c1ccc(C(C)CC)cc1. The van der Waals surface area contributed by atoms with E-state index in [-0.39, 0.29) is 4.90 Å². The van der Waals surface area contributed by atoms with Crippen LogP contribution in [0.5, 0.6) is 0 Å². The average molecular weight is 297 g/mol. The minimum Gasteiger partial charge on any atom is -0.265 e. The molecule has 1 rings (SSSR count). The molecule has 20 heavy (non-hydrogen) atoms. The van der Waals surface area contributed by atoms with Gasteiger partial charge in [-0.3, -0.25) is 4.28 Å². The standard InChI is InChI=1S/C15H23NO3S/c1-5-7-13(4)16-19-20(17,18)15-10-8-14(9-11-15)12(3)6-2/h8-12H,5-7H2,1-4H3. The lowest BCUT2D eigenvalue weighted by Gasteiger charge is -2.09. The van der Waals surface area contributed by atoms with Crippen LogP contribution in [0.1, 0.15) is 58.4 Å². The molecule has 1 unspecified atom stereocenters. The fourth-order valence-electron chi connectivity index (χ4n) is 1.76. The molecule has 0 fully saturated rings. The van der Waals surface area contributed by atoms with E-state index in [1.165, 1.54) is 0 Å². The molecule has 0 saturated carbocycles. The molecular formula is C15H23NO3S. The molecule has 0 heterocycles. The third kappa shape index (κ3) is 4.63. The summed E-state index contributed by atoms with van der Waals surface area (Å²) in [7, 11) is -3.81. The van der Waals surface area contributed by atoms with Gasteiger partial charge >= 0.3 is 10.1 Å².